The van der Waals surface area contributed by atoms with Crippen LogP contribution in [-0.2, 0) is 20.8 Å². The van der Waals surface area contributed by atoms with Crippen molar-refractivity contribution in [3.63, 3.8) is 0 Å². The van der Waals surface area contributed by atoms with Gasteiger partial charge in [0.2, 0.25) is 5.91 Å². The molecule has 0 saturated carbocycles. The number of aromatic nitrogens is 2. The summed E-state index contributed by atoms with van der Waals surface area (Å²) in [5, 5.41) is 19.6. The number of nitrogens with one attached hydrogen (secondary N) is 2. The quantitative estimate of drug-likeness (QED) is 0.524. The highest BCUT2D eigenvalue weighted by Crippen LogP contribution is 2.07. The Bertz CT molecular complexity index is 610. The maximum Gasteiger partial charge on any atom is 0.345 e. The molecule has 0 aliphatic heterocycles. The van der Waals surface area contributed by atoms with Gasteiger partial charge in [-0.3, -0.25) is 9.59 Å². The zero-order valence-electron chi connectivity index (χ0n) is 11.5. The van der Waals surface area contributed by atoms with E-state index < -0.39 is 36.0 Å². The smallest absolute Gasteiger partial charge is 0.345 e. The third kappa shape index (κ3) is 4.71. The van der Waals surface area contributed by atoms with Gasteiger partial charge in [-0.05, 0) is 13.8 Å². The molecule has 0 radical (unpaired) electrons. The van der Waals surface area contributed by atoms with Gasteiger partial charge >= 0.3 is 17.6 Å². The van der Waals surface area contributed by atoms with Crippen LogP contribution < -0.4 is 11.0 Å². The standard InChI is InChI=1S/C12H15N3O6/c1-5-7(6(2)14-12(21)13-5)3-9(16)15-8(11(19)20)4-10(17)18/h8H,3-4H2,1-2H3,(H,15,16)(H,17,18)(H,19,20)(H,13,14,21)/t8-/m0/s1. The number of aliphatic carboxylic acids is 2. The maximum absolute atomic E-state index is 11.8. The van der Waals surface area contributed by atoms with Crippen molar-refractivity contribution in [2.45, 2.75) is 32.7 Å². The fraction of sp³-hybridized carbons (Fsp3) is 0.417. The molecule has 9 heteroatoms. The molecule has 9 nitrogen and oxygen atoms in total. The van der Waals surface area contributed by atoms with E-state index in [1.54, 1.807) is 13.8 Å². The number of hydrogen-bond donors (Lipinski definition) is 4. The van der Waals surface area contributed by atoms with Gasteiger partial charge in [0.1, 0.15) is 6.04 Å². The van der Waals surface area contributed by atoms with Crippen LogP contribution in [0.5, 0.6) is 0 Å². The molecule has 1 rings (SSSR count). The van der Waals surface area contributed by atoms with E-state index in [1.807, 2.05) is 0 Å². The Labute approximate surface area is 119 Å². The largest absolute Gasteiger partial charge is 0.481 e. The van der Waals surface area contributed by atoms with Gasteiger partial charge in [0, 0.05) is 17.0 Å². The monoisotopic (exact) mass is 297 g/mol. The van der Waals surface area contributed by atoms with Crippen LogP contribution in [0.15, 0.2) is 4.79 Å². The van der Waals surface area contributed by atoms with Crippen LogP contribution in [-0.4, -0.2) is 44.1 Å². The van der Waals surface area contributed by atoms with Gasteiger partial charge in [-0.15, -0.1) is 0 Å². The van der Waals surface area contributed by atoms with Crippen LogP contribution in [0.2, 0.25) is 0 Å². The molecule has 4 N–H and O–H groups in total. The summed E-state index contributed by atoms with van der Waals surface area (Å²) in [5.41, 5.74) is 0.735. The lowest BCUT2D eigenvalue weighted by molar-refractivity contribution is -0.147. The third-order valence-corrected chi connectivity index (χ3v) is 2.80. The minimum Gasteiger partial charge on any atom is -0.481 e. The molecule has 0 spiro atoms. The molecular formula is C12H15N3O6. The molecule has 0 aliphatic carbocycles. The number of rotatable bonds is 6. The van der Waals surface area contributed by atoms with E-state index in [0.29, 0.717) is 17.0 Å². The Morgan fingerprint density at radius 1 is 1.29 bits per heavy atom. The molecule has 0 saturated heterocycles. The van der Waals surface area contributed by atoms with Crippen molar-refractivity contribution in [3.8, 4) is 0 Å². The molecule has 0 aliphatic rings. The number of aromatic amines is 1. The minimum atomic E-state index is -1.51. The Morgan fingerprint density at radius 2 is 1.90 bits per heavy atom. The lowest BCUT2D eigenvalue weighted by Gasteiger charge is -2.13. The van der Waals surface area contributed by atoms with Crippen molar-refractivity contribution in [2.24, 2.45) is 0 Å². The van der Waals surface area contributed by atoms with E-state index in [-0.39, 0.29) is 6.42 Å². The molecular weight excluding hydrogens is 282 g/mol. The van der Waals surface area contributed by atoms with Gasteiger partial charge in [0.05, 0.1) is 12.8 Å². The minimum absolute atomic E-state index is 0.204. The molecule has 21 heavy (non-hydrogen) atoms. The summed E-state index contributed by atoms with van der Waals surface area (Å²) in [6.45, 7) is 3.14. The molecule has 1 amide bonds. The molecule has 0 aromatic carbocycles. The van der Waals surface area contributed by atoms with Crippen LogP contribution in [0.1, 0.15) is 23.4 Å². The number of aryl methyl sites for hydroxylation is 2. The number of hydrogen-bond acceptors (Lipinski definition) is 5. The van der Waals surface area contributed by atoms with E-state index in [4.69, 9.17) is 10.2 Å². The van der Waals surface area contributed by atoms with Crippen LogP contribution >= 0.6 is 0 Å². The highest BCUT2D eigenvalue weighted by atomic mass is 16.4. The average Bonchev–Trinajstić information content (AvgIpc) is 2.32. The molecule has 1 heterocycles. The normalized spacial score (nSPS) is 11.7. The van der Waals surface area contributed by atoms with Gasteiger partial charge in [0.15, 0.2) is 0 Å². The Balaban J connectivity index is 2.84. The molecule has 0 unspecified atom stereocenters. The first-order valence-electron chi connectivity index (χ1n) is 6.01. The van der Waals surface area contributed by atoms with E-state index in [1.165, 1.54) is 0 Å². The van der Waals surface area contributed by atoms with Crippen LogP contribution in [0, 0.1) is 13.8 Å². The third-order valence-electron chi connectivity index (χ3n) is 2.80. The second-order valence-corrected chi connectivity index (χ2v) is 4.46. The Hall–Kier alpha value is -2.71. The van der Waals surface area contributed by atoms with E-state index in [0.717, 1.165) is 0 Å². The predicted molar refractivity (Wildman–Crippen MR) is 69.9 cm³/mol. The molecule has 1 aromatic heterocycles. The summed E-state index contributed by atoms with van der Waals surface area (Å²) in [6, 6.07) is -1.51. The summed E-state index contributed by atoms with van der Waals surface area (Å²) >= 11 is 0. The highest BCUT2D eigenvalue weighted by Gasteiger charge is 2.23. The fourth-order valence-electron chi connectivity index (χ4n) is 1.80. The number of amides is 1. The summed E-state index contributed by atoms with van der Waals surface area (Å²) < 4.78 is 0. The van der Waals surface area contributed by atoms with Crippen molar-refractivity contribution in [2.75, 3.05) is 0 Å². The molecule has 1 aromatic rings. The van der Waals surface area contributed by atoms with Gasteiger partial charge in [-0.25, -0.2) is 9.59 Å². The zero-order chi connectivity index (χ0) is 16.2. The Kier molecular flexibility index (Phi) is 5.17. The molecule has 0 bridgehead atoms. The second kappa shape index (κ2) is 6.64. The van der Waals surface area contributed by atoms with Crippen molar-refractivity contribution in [1.29, 1.82) is 0 Å². The number of carboxylic acid groups (broad SMARTS) is 2. The van der Waals surface area contributed by atoms with Gasteiger partial charge < -0.3 is 20.5 Å². The topological polar surface area (TPSA) is 149 Å². The lowest BCUT2D eigenvalue weighted by atomic mass is 10.1. The van der Waals surface area contributed by atoms with Crippen molar-refractivity contribution in [3.05, 3.63) is 27.4 Å². The molecule has 1 atom stereocenters. The van der Waals surface area contributed by atoms with Crippen LogP contribution in [0.3, 0.4) is 0 Å². The summed E-state index contributed by atoms with van der Waals surface area (Å²) in [5.74, 6) is -3.43. The van der Waals surface area contributed by atoms with E-state index in [2.05, 4.69) is 15.3 Å². The first-order valence-corrected chi connectivity index (χ1v) is 6.01. The van der Waals surface area contributed by atoms with Crippen molar-refractivity contribution < 1.29 is 24.6 Å². The predicted octanol–water partition coefficient (Wildman–Crippen LogP) is -1.03. The SMILES string of the molecule is Cc1nc(=O)[nH]c(C)c1CC(=O)N[C@@H](CC(=O)O)C(=O)O. The van der Waals surface area contributed by atoms with Gasteiger partial charge in [-0.1, -0.05) is 0 Å². The average molecular weight is 297 g/mol. The van der Waals surface area contributed by atoms with Crippen molar-refractivity contribution in [1.82, 2.24) is 15.3 Å². The second-order valence-electron chi connectivity index (χ2n) is 4.46. The number of carbonyl (C=O) groups excluding carboxylic acids is 1. The van der Waals surface area contributed by atoms with Crippen molar-refractivity contribution >= 4 is 17.8 Å². The number of carbonyl (C=O) groups is 3. The first-order chi connectivity index (χ1) is 9.70. The lowest BCUT2D eigenvalue weighted by Crippen LogP contribution is -2.43. The molecule has 114 valence electrons. The highest BCUT2D eigenvalue weighted by molar-refractivity contribution is 5.87. The fourth-order valence-corrected chi connectivity index (χ4v) is 1.80. The van der Waals surface area contributed by atoms with E-state index >= 15 is 0 Å². The van der Waals surface area contributed by atoms with Gasteiger partial charge in [0.25, 0.3) is 0 Å². The maximum atomic E-state index is 11.8. The van der Waals surface area contributed by atoms with E-state index in [9.17, 15) is 19.2 Å². The first kappa shape index (κ1) is 16.3. The van der Waals surface area contributed by atoms with Crippen LogP contribution in [0.4, 0.5) is 0 Å². The summed E-state index contributed by atoms with van der Waals surface area (Å²) in [6.07, 6.45) is -0.923. The number of carboxylic acids is 2. The summed E-state index contributed by atoms with van der Waals surface area (Å²) in [7, 11) is 0. The summed E-state index contributed by atoms with van der Waals surface area (Å²) in [4.78, 5) is 50.4. The number of nitrogens with zero attached hydrogens (tertiary/aromatic N) is 1. The van der Waals surface area contributed by atoms with Crippen LogP contribution in [0.25, 0.3) is 0 Å². The molecule has 0 fully saturated rings. The van der Waals surface area contributed by atoms with Gasteiger partial charge in [-0.2, -0.15) is 4.98 Å². The zero-order valence-corrected chi connectivity index (χ0v) is 11.5. The Morgan fingerprint density at radius 3 is 2.38 bits per heavy atom. The number of H-pyrrole nitrogens is 1.